The number of carbonyl (C=O) groups is 2. The summed E-state index contributed by atoms with van der Waals surface area (Å²) in [6.07, 6.45) is 0. The first-order chi connectivity index (χ1) is 7.54. The highest BCUT2D eigenvalue weighted by Gasteiger charge is 2.16. The van der Waals surface area contributed by atoms with E-state index in [4.69, 9.17) is 0 Å². The van der Waals surface area contributed by atoms with Crippen molar-refractivity contribution in [2.75, 3.05) is 11.9 Å². The zero-order valence-electron chi connectivity index (χ0n) is 8.49. The lowest BCUT2D eigenvalue weighted by Gasteiger charge is -2.06. The molecule has 0 aliphatic rings. The molecule has 1 aromatic carbocycles. The quantitative estimate of drug-likeness (QED) is 0.493. The molecule has 0 radical (unpaired) electrons. The number of rotatable bonds is 2. The number of phenols is 1. The van der Waals surface area contributed by atoms with Crippen molar-refractivity contribution in [1.29, 1.82) is 0 Å². The van der Waals surface area contributed by atoms with Crippen molar-refractivity contribution in [3.8, 4) is 5.75 Å². The molecule has 0 unspecified atom stereocenters. The summed E-state index contributed by atoms with van der Waals surface area (Å²) in [6, 6.07) is 4.48. The molecule has 0 aromatic heterocycles. The minimum Gasteiger partial charge on any atom is -0.506 e. The van der Waals surface area contributed by atoms with Crippen LogP contribution in [0.1, 0.15) is 6.92 Å². The van der Waals surface area contributed by atoms with Gasteiger partial charge in [0.25, 0.3) is 0 Å². The topological polar surface area (TPSA) is 75.6 Å². The van der Waals surface area contributed by atoms with E-state index in [2.05, 4.69) is 26.0 Å². The first-order valence-electron chi connectivity index (χ1n) is 4.51. The number of aromatic hydroxyl groups is 1. The fraction of sp³-hybridized carbons (Fsp3) is 0.200. The zero-order chi connectivity index (χ0) is 12.1. The molecule has 86 valence electrons. The lowest BCUT2D eigenvalue weighted by atomic mass is 10.3. The number of benzene rings is 1. The molecule has 0 fully saturated rings. The Morgan fingerprint density at radius 1 is 1.50 bits per heavy atom. The van der Waals surface area contributed by atoms with Gasteiger partial charge in [0.05, 0.1) is 12.3 Å². The van der Waals surface area contributed by atoms with Gasteiger partial charge in [0.2, 0.25) is 0 Å². The lowest BCUT2D eigenvalue weighted by Crippen LogP contribution is -2.25. The summed E-state index contributed by atoms with van der Waals surface area (Å²) in [5.41, 5.74) is 0.146. The molecule has 0 heterocycles. The van der Waals surface area contributed by atoms with Gasteiger partial charge in [0.15, 0.2) is 0 Å². The van der Waals surface area contributed by atoms with E-state index in [0.29, 0.717) is 4.47 Å². The molecule has 0 saturated carbocycles. The van der Waals surface area contributed by atoms with E-state index in [0.717, 1.165) is 0 Å². The molecule has 0 bridgehead atoms. The maximum absolute atomic E-state index is 11.3. The molecule has 1 aromatic rings. The Bertz CT molecular complexity index is 419. The summed E-state index contributed by atoms with van der Waals surface area (Å²) >= 11 is 3.18. The van der Waals surface area contributed by atoms with Gasteiger partial charge in [-0.1, -0.05) is 15.9 Å². The molecule has 0 spiro atoms. The van der Waals surface area contributed by atoms with Gasteiger partial charge in [-0.2, -0.15) is 0 Å². The van der Waals surface area contributed by atoms with E-state index < -0.39 is 11.9 Å². The van der Waals surface area contributed by atoms with Crippen LogP contribution in [0, 0.1) is 0 Å². The van der Waals surface area contributed by atoms with Crippen LogP contribution in [0.5, 0.6) is 5.75 Å². The van der Waals surface area contributed by atoms with Crippen molar-refractivity contribution in [3.05, 3.63) is 22.7 Å². The number of anilines is 1. The highest BCUT2D eigenvalue weighted by Crippen LogP contribution is 2.26. The number of halogens is 1. The van der Waals surface area contributed by atoms with Crippen molar-refractivity contribution in [1.82, 2.24) is 0 Å². The largest absolute Gasteiger partial charge is 0.506 e. The molecular formula is C10H10BrNO4. The van der Waals surface area contributed by atoms with E-state index in [-0.39, 0.29) is 18.0 Å². The zero-order valence-corrected chi connectivity index (χ0v) is 10.1. The first kappa shape index (κ1) is 12.5. The second-order valence-electron chi connectivity index (χ2n) is 2.84. The van der Waals surface area contributed by atoms with Crippen molar-refractivity contribution in [2.45, 2.75) is 6.92 Å². The minimum absolute atomic E-state index is 0.122. The van der Waals surface area contributed by atoms with Crippen LogP contribution in [-0.2, 0) is 14.3 Å². The summed E-state index contributed by atoms with van der Waals surface area (Å²) in [6.45, 7) is 1.72. The third kappa shape index (κ3) is 3.23. The van der Waals surface area contributed by atoms with E-state index in [1.807, 2.05) is 0 Å². The SMILES string of the molecule is CCOC(=O)C(=O)Nc1cc(Br)ccc1O. The number of ether oxygens (including phenoxy) is 1. The Balaban J connectivity index is 2.76. The fourth-order valence-electron chi connectivity index (χ4n) is 0.978. The average molecular weight is 288 g/mol. The van der Waals surface area contributed by atoms with E-state index in [1.54, 1.807) is 13.0 Å². The second-order valence-corrected chi connectivity index (χ2v) is 3.75. The van der Waals surface area contributed by atoms with E-state index in [9.17, 15) is 14.7 Å². The highest BCUT2D eigenvalue weighted by atomic mass is 79.9. The van der Waals surface area contributed by atoms with Gasteiger partial charge in [-0.25, -0.2) is 4.79 Å². The van der Waals surface area contributed by atoms with Crippen molar-refractivity contribution >= 4 is 33.5 Å². The molecule has 0 saturated heterocycles. The summed E-state index contributed by atoms with van der Waals surface area (Å²) in [7, 11) is 0. The molecule has 5 nitrogen and oxygen atoms in total. The second kappa shape index (κ2) is 5.50. The van der Waals surface area contributed by atoms with Crippen LogP contribution in [0.3, 0.4) is 0 Å². The van der Waals surface area contributed by atoms with Gasteiger partial charge >= 0.3 is 11.9 Å². The molecule has 16 heavy (non-hydrogen) atoms. The Labute approximate surface area is 101 Å². The molecular weight excluding hydrogens is 278 g/mol. The van der Waals surface area contributed by atoms with Gasteiger partial charge in [0, 0.05) is 4.47 Å². The average Bonchev–Trinajstić information content (AvgIpc) is 2.23. The van der Waals surface area contributed by atoms with Crippen LogP contribution in [-0.4, -0.2) is 23.6 Å². The minimum atomic E-state index is -0.984. The highest BCUT2D eigenvalue weighted by molar-refractivity contribution is 9.10. The molecule has 2 N–H and O–H groups in total. The predicted molar refractivity (Wildman–Crippen MR) is 61.1 cm³/mol. The summed E-state index contributed by atoms with van der Waals surface area (Å²) in [4.78, 5) is 22.3. The van der Waals surface area contributed by atoms with Gasteiger partial charge in [-0.15, -0.1) is 0 Å². The third-order valence-electron chi connectivity index (χ3n) is 1.67. The van der Waals surface area contributed by atoms with Crippen molar-refractivity contribution in [2.24, 2.45) is 0 Å². The third-order valence-corrected chi connectivity index (χ3v) is 2.16. The number of hydrogen-bond donors (Lipinski definition) is 2. The first-order valence-corrected chi connectivity index (χ1v) is 5.30. The van der Waals surface area contributed by atoms with Crippen LogP contribution < -0.4 is 5.32 Å². The Morgan fingerprint density at radius 2 is 2.19 bits per heavy atom. The Morgan fingerprint density at radius 3 is 2.81 bits per heavy atom. The standard InChI is InChI=1S/C10H10BrNO4/c1-2-16-10(15)9(14)12-7-5-6(11)3-4-8(7)13/h3-5,13H,2H2,1H3,(H,12,14). The monoisotopic (exact) mass is 287 g/mol. The maximum atomic E-state index is 11.3. The van der Waals surface area contributed by atoms with Gasteiger partial charge < -0.3 is 15.2 Å². The number of amides is 1. The Kier molecular flexibility index (Phi) is 4.30. The lowest BCUT2D eigenvalue weighted by molar-refractivity contribution is -0.152. The summed E-state index contributed by atoms with van der Waals surface area (Å²) in [5.74, 6) is -2.03. The van der Waals surface area contributed by atoms with E-state index >= 15 is 0 Å². The summed E-state index contributed by atoms with van der Waals surface area (Å²) < 4.78 is 5.17. The van der Waals surface area contributed by atoms with E-state index in [1.165, 1.54) is 12.1 Å². The molecule has 0 aliphatic heterocycles. The number of hydrogen-bond acceptors (Lipinski definition) is 4. The fourth-order valence-corrected chi connectivity index (χ4v) is 1.34. The molecule has 0 atom stereocenters. The van der Waals surface area contributed by atoms with Crippen molar-refractivity contribution < 1.29 is 19.4 Å². The molecule has 6 heteroatoms. The van der Waals surface area contributed by atoms with Crippen LogP contribution >= 0.6 is 15.9 Å². The maximum Gasteiger partial charge on any atom is 0.397 e. The van der Waals surface area contributed by atoms with Crippen LogP contribution in [0.4, 0.5) is 5.69 Å². The predicted octanol–water partition coefficient (Wildman–Crippen LogP) is 1.66. The summed E-state index contributed by atoms with van der Waals surface area (Å²) in [5, 5.41) is 11.6. The number of esters is 1. The van der Waals surface area contributed by atoms with Crippen LogP contribution in [0.2, 0.25) is 0 Å². The van der Waals surface area contributed by atoms with Gasteiger partial charge in [0.1, 0.15) is 5.75 Å². The number of nitrogens with one attached hydrogen (secondary N) is 1. The normalized spacial score (nSPS) is 9.62. The number of carbonyl (C=O) groups excluding carboxylic acids is 2. The van der Waals surface area contributed by atoms with Crippen LogP contribution in [0.15, 0.2) is 22.7 Å². The van der Waals surface area contributed by atoms with Crippen molar-refractivity contribution in [3.63, 3.8) is 0 Å². The number of phenolic OH excluding ortho intramolecular Hbond substituents is 1. The van der Waals surface area contributed by atoms with Gasteiger partial charge in [-0.05, 0) is 25.1 Å². The van der Waals surface area contributed by atoms with Crippen LogP contribution in [0.25, 0.3) is 0 Å². The van der Waals surface area contributed by atoms with Gasteiger partial charge in [-0.3, -0.25) is 4.79 Å². The molecule has 1 rings (SSSR count). The molecule has 1 amide bonds. The smallest absolute Gasteiger partial charge is 0.397 e. The Hall–Kier alpha value is -1.56. The molecule has 0 aliphatic carbocycles.